The SMILES string of the molecule is COCCOCCOCCOOCc1ccc(-c2c3nc(c(-c4ccc(C(=O)OCCOCCOCCOC)cc4)c4ccc([nH]4)c(-c4ccc(C(=O)OCCOCCOCCOC)cc4)c4nc(c(-c5ccc(C(=O)OCCOCCOCCOC)cc5)c5ccc2[nH]5)C=C4)C=C3)cc1. The second-order valence-corrected chi connectivity index (χ2v) is 22.3. The minimum Gasteiger partial charge on any atom is -0.460 e. The maximum absolute atomic E-state index is 13.5. The van der Waals surface area contributed by atoms with Crippen LogP contribution >= 0.6 is 0 Å². The van der Waals surface area contributed by atoms with Crippen LogP contribution in [0.15, 0.2) is 121 Å². The summed E-state index contributed by atoms with van der Waals surface area (Å²) < 4.78 is 81.2. The second kappa shape index (κ2) is 42.4. The number of hydrogen-bond acceptors (Lipinski definition) is 22. The first kappa shape index (κ1) is 75.5. The molecule has 4 aromatic carbocycles. The van der Waals surface area contributed by atoms with E-state index in [2.05, 4.69) is 9.97 Å². The van der Waals surface area contributed by atoms with Crippen LogP contribution < -0.4 is 0 Å². The first-order valence-corrected chi connectivity index (χ1v) is 33.2. The molecule has 0 unspecified atom stereocenters. The lowest BCUT2D eigenvalue weighted by Gasteiger charge is -2.09. The minimum atomic E-state index is -0.508. The van der Waals surface area contributed by atoms with Crippen LogP contribution in [0.3, 0.4) is 0 Å². The molecule has 8 bridgehead atoms. The van der Waals surface area contributed by atoms with E-state index in [-0.39, 0.29) is 52.9 Å². The van der Waals surface area contributed by atoms with Crippen molar-refractivity contribution in [2.24, 2.45) is 0 Å². The van der Waals surface area contributed by atoms with Gasteiger partial charge in [-0.2, -0.15) is 0 Å². The number of hydrogen-bond donors (Lipinski definition) is 2. The van der Waals surface area contributed by atoms with E-state index in [0.717, 1.165) is 55.6 Å². The molecule has 3 aromatic heterocycles. The smallest absolute Gasteiger partial charge is 0.338 e. The van der Waals surface area contributed by atoms with E-state index in [4.69, 9.17) is 90.8 Å². The summed E-state index contributed by atoms with van der Waals surface area (Å²) >= 11 is 0. The van der Waals surface area contributed by atoms with E-state index >= 15 is 0 Å². The van der Waals surface area contributed by atoms with Crippen molar-refractivity contribution in [1.82, 2.24) is 19.9 Å². The number of ether oxygens (including phenoxy) is 15. The number of aromatic amines is 2. The largest absolute Gasteiger partial charge is 0.460 e. The van der Waals surface area contributed by atoms with Gasteiger partial charge in [0.15, 0.2) is 0 Å². The van der Waals surface area contributed by atoms with Gasteiger partial charge in [-0.25, -0.2) is 34.1 Å². The quantitative estimate of drug-likeness (QED) is 0.0118. The topological polar surface area (TPSA) is 265 Å². The number of nitrogens with one attached hydrogen (secondary N) is 2. The van der Waals surface area contributed by atoms with Crippen molar-refractivity contribution >= 4 is 64.3 Å². The van der Waals surface area contributed by atoms with E-state index in [9.17, 15) is 14.4 Å². The minimum absolute atomic E-state index is 0.0521. The molecule has 0 amide bonds. The number of nitrogens with zero attached hydrogens (tertiary/aromatic N) is 2. The van der Waals surface area contributed by atoms with Crippen LogP contribution in [0.25, 0.3) is 90.9 Å². The summed E-state index contributed by atoms with van der Waals surface area (Å²) in [5.41, 5.74) is 13.3. The number of rotatable bonds is 46. The predicted octanol–water partition coefficient (Wildman–Crippen LogP) is 11.0. The molecule has 0 atom stereocenters. The van der Waals surface area contributed by atoms with Gasteiger partial charge in [-0.3, -0.25) is 0 Å². The molecule has 100 heavy (non-hydrogen) atoms. The highest BCUT2D eigenvalue weighted by Gasteiger charge is 2.21. The van der Waals surface area contributed by atoms with Crippen LogP contribution in [0.5, 0.6) is 0 Å². The molecule has 0 spiro atoms. The Bertz CT molecular complexity index is 3820. The summed E-state index contributed by atoms with van der Waals surface area (Å²) in [7, 11) is 6.46. The molecule has 532 valence electrons. The van der Waals surface area contributed by atoms with Crippen LogP contribution in [0.4, 0.5) is 0 Å². The number of carbonyl (C=O) groups excluding carboxylic acids is 3. The van der Waals surface area contributed by atoms with Gasteiger partial charge in [-0.05, 0) is 113 Å². The third kappa shape index (κ3) is 23.2. The lowest BCUT2D eigenvalue weighted by Crippen LogP contribution is -2.13. The molecule has 0 radical (unpaired) electrons. The number of methoxy groups -OCH3 is 4. The van der Waals surface area contributed by atoms with E-state index in [0.29, 0.717) is 168 Å². The average molecular weight is 1380 g/mol. The van der Waals surface area contributed by atoms with Crippen molar-refractivity contribution in [1.29, 1.82) is 0 Å². The van der Waals surface area contributed by atoms with Gasteiger partial charge in [0.05, 0.1) is 172 Å². The van der Waals surface area contributed by atoms with E-state index in [1.807, 2.05) is 109 Å². The van der Waals surface area contributed by atoms with Gasteiger partial charge in [0, 0.05) is 72.8 Å². The Morgan fingerprint density at radius 2 is 0.520 bits per heavy atom. The molecule has 0 saturated heterocycles. The number of carbonyl (C=O) groups is 3. The molecule has 7 aromatic rings. The standard InChI is InChI=1S/C76H88N4O20/c1-84-29-33-88-37-41-92-45-49-96-74(81)59-15-9-56(10-16-59)71-64-23-21-62(77-64)70(55-7-5-54(6-8-55)53-100-99-52-48-95-44-40-91-36-32-87-4)63-22-24-65(78-63)72(57-11-17-60(18-12-57)75(82)97-50-46-93-42-38-89-34-30-85-2)67-26-28-69(80-67)73(68-27-25-66(71)79-68)58-13-19-61(20-14-58)76(83)98-51-47-94-43-39-90-35-31-86-3/h5-28,77,80H,29-53H2,1-4H3. The summed E-state index contributed by atoms with van der Waals surface area (Å²) in [4.78, 5) is 69.9. The number of benzene rings is 4. The summed E-state index contributed by atoms with van der Waals surface area (Å²) in [5.74, 6) is -1.51. The molecule has 2 N–H and O–H groups in total. The maximum atomic E-state index is 13.5. The highest BCUT2D eigenvalue weighted by Crippen LogP contribution is 2.39. The zero-order chi connectivity index (χ0) is 69.8. The zero-order valence-electron chi connectivity index (χ0n) is 57.1. The number of fused-ring (bicyclic) bond motifs is 8. The van der Waals surface area contributed by atoms with Crippen molar-refractivity contribution in [3.05, 3.63) is 166 Å². The van der Waals surface area contributed by atoms with Crippen LogP contribution in [-0.4, -0.2) is 225 Å². The first-order valence-electron chi connectivity index (χ1n) is 33.2. The highest BCUT2D eigenvalue weighted by molar-refractivity contribution is 6.01. The first-order chi connectivity index (χ1) is 49.3. The van der Waals surface area contributed by atoms with Gasteiger partial charge >= 0.3 is 17.9 Å². The number of esters is 3. The molecular weight excluding hydrogens is 1290 g/mol. The monoisotopic (exact) mass is 1380 g/mol. The molecule has 0 saturated carbocycles. The molecule has 2 aliphatic rings. The third-order valence-corrected chi connectivity index (χ3v) is 15.4. The van der Waals surface area contributed by atoms with Crippen LogP contribution in [0.1, 0.15) is 59.4 Å². The normalized spacial score (nSPS) is 11.8. The molecule has 2 aliphatic heterocycles. The fourth-order valence-corrected chi connectivity index (χ4v) is 10.5. The fraction of sp³-hybridized carbons (Fsp3) is 0.382. The zero-order valence-corrected chi connectivity index (χ0v) is 57.1. The molecule has 24 heteroatoms. The van der Waals surface area contributed by atoms with Gasteiger partial charge in [-0.1, -0.05) is 60.7 Å². The van der Waals surface area contributed by atoms with E-state index < -0.39 is 17.9 Å². The fourth-order valence-electron chi connectivity index (χ4n) is 10.5. The van der Waals surface area contributed by atoms with Crippen molar-refractivity contribution in [3.63, 3.8) is 0 Å². The second-order valence-electron chi connectivity index (χ2n) is 22.3. The lowest BCUT2D eigenvalue weighted by molar-refractivity contribution is -0.308. The summed E-state index contributed by atoms with van der Waals surface area (Å²) in [6, 6.07) is 37.6. The van der Waals surface area contributed by atoms with Gasteiger partial charge in [0.1, 0.15) is 33.0 Å². The maximum Gasteiger partial charge on any atom is 0.338 e. The molecule has 9 rings (SSSR count). The number of H-pyrrole nitrogens is 2. The van der Waals surface area contributed by atoms with Crippen LogP contribution in [0.2, 0.25) is 0 Å². The Balaban J connectivity index is 1.10. The Labute approximate surface area is 581 Å². The average Bonchev–Trinajstić information content (AvgIpc) is 1.61. The summed E-state index contributed by atoms with van der Waals surface area (Å²) in [6.45, 7) is 8.47. The Morgan fingerprint density at radius 1 is 0.280 bits per heavy atom. The van der Waals surface area contributed by atoms with Crippen LogP contribution in [0, 0.1) is 0 Å². The Hall–Kier alpha value is -8.67. The van der Waals surface area contributed by atoms with Gasteiger partial charge < -0.3 is 81.0 Å². The van der Waals surface area contributed by atoms with Gasteiger partial charge in [0.2, 0.25) is 0 Å². The Morgan fingerprint density at radius 3 is 0.790 bits per heavy atom. The number of aromatic nitrogens is 4. The summed E-state index contributed by atoms with van der Waals surface area (Å²) in [6.07, 6.45) is 7.88. The molecule has 0 fully saturated rings. The molecule has 24 nitrogen and oxygen atoms in total. The van der Waals surface area contributed by atoms with Crippen molar-refractivity contribution in [3.8, 4) is 44.5 Å². The summed E-state index contributed by atoms with van der Waals surface area (Å²) in [5, 5.41) is 0. The Kier molecular flexibility index (Phi) is 32.1. The molecular formula is C76H88N4O20. The van der Waals surface area contributed by atoms with Gasteiger partial charge in [-0.15, -0.1) is 0 Å². The van der Waals surface area contributed by atoms with E-state index in [1.165, 1.54) is 0 Å². The van der Waals surface area contributed by atoms with Gasteiger partial charge in [0.25, 0.3) is 0 Å². The molecule has 0 aliphatic carbocycles. The van der Waals surface area contributed by atoms with E-state index in [1.54, 1.807) is 64.8 Å². The highest BCUT2D eigenvalue weighted by atomic mass is 17.2. The third-order valence-electron chi connectivity index (χ3n) is 15.4. The lowest BCUT2D eigenvalue weighted by atomic mass is 10.0. The van der Waals surface area contributed by atoms with Crippen molar-refractivity contribution < 1.29 is 95.2 Å². The van der Waals surface area contributed by atoms with Crippen molar-refractivity contribution in [2.75, 3.05) is 187 Å². The predicted molar refractivity (Wildman–Crippen MR) is 376 cm³/mol. The van der Waals surface area contributed by atoms with Crippen molar-refractivity contribution in [2.45, 2.75) is 6.61 Å². The molecule has 5 heterocycles. The van der Waals surface area contributed by atoms with Crippen LogP contribution in [-0.2, 0) is 87.4 Å².